The van der Waals surface area contributed by atoms with Gasteiger partial charge in [0.1, 0.15) is 0 Å². The van der Waals surface area contributed by atoms with Crippen LogP contribution in [0.3, 0.4) is 0 Å². The second-order valence-electron chi connectivity index (χ2n) is 9.25. The minimum atomic E-state index is 0.00310. The lowest BCUT2D eigenvalue weighted by molar-refractivity contribution is 0.107. The van der Waals surface area contributed by atoms with E-state index in [0.717, 1.165) is 38.9 Å². The average Bonchev–Trinajstić information content (AvgIpc) is 3.08. The Bertz CT molecular complexity index is 1060. The van der Waals surface area contributed by atoms with Crippen LogP contribution in [0.2, 0.25) is 4.34 Å². The van der Waals surface area contributed by atoms with Crippen LogP contribution in [0.15, 0.2) is 42.5 Å². The third kappa shape index (κ3) is 5.85. The van der Waals surface area contributed by atoms with Gasteiger partial charge in [0.05, 0.1) is 28.9 Å². The summed E-state index contributed by atoms with van der Waals surface area (Å²) in [6.45, 7) is 12.9. The van der Waals surface area contributed by atoms with E-state index >= 15 is 0 Å². The van der Waals surface area contributed by atoms with E-state index in [1.807, 2.05) is 0 Å². The Labute approximate surface area is 203 Å². The zero-order chi connectivity index (χ0) is 23.5. The summed E-state index contributed by atoms with van der Waals surface area (Å²) < 4.78 is 6.78. The van der Waals surface area contributed by atoms with Gasteiger partial charge in [0.15, 0.2) is 0 Å². The van der Waals surface area contributed by atoms with Crippen molar-refractivity contribution < 1.29 is 4.74 Å². The molecule has 2 atom stereocenters. The van der Waals surface area contributed by atoms with Gasteiger partial charge in [-0.25, -0.2) is 0 Å². The topological polar surface area (TPSA) is 47.3 Å². The highest BCUT2D eigenvalue weighted by atomic mass is 35.5. The summed E-state index contributed by atoms with van der Waals surface area (Å²) in [6.07, 6.45) is 0. The van der Waals surface area contributed by atoms with Gasteiger partial charge in [0, 0.05) is 22.9 Å². The molecule has 172 valence electrons. The maximum absolute atomic E-state index is 6.67. The number of benzene rings is 2. The maximum atomic E-state index is 6.67. The molecular formula is C26H34ClN2OPS. The molecule has 3 rings (SSSR count). The molecule has 0 radical (unpaired) electrons. The van der Waals surface area contributed by atoms with E-state index in [9.17, 15) is 0 Å². The van der Waals surface area contributed by atoms with E-state index in [2.05, 4.69) is 91.6 Å². The van der Waals surface area contributed by atoms with Gasteiger partial charge in [-0.05, 0) is 53.4 Å². The van der Waals surface area contributed by atoms with Crippen LogP contribution in [0, 0.1) is 12.3 Å². The number of nitrogens with one attached hydrogen (secondary N) is 1. The number of anilines is 2. The molecule has 0 fully saturated rings. The summed E-state index contributed by atoms with van der Waals surface area (Å²) in [4.78, 5) is 1.24. The molecule has 0 aliphatic rings. The number of thiophene rings is 1. The van der Waals surface area contributed by atoms with Gasteiger partial charge in [-0.15, -0.1) is 20.6 Å². The number of hydrogen-bond acceptors (Lipinski definition) is 4. The minimum absolute atomic E-state index is 0.00310. The molecule has 32 heavy (non-hydrogen) atoms. The molecule has 1 aromatic heterocycles. The van der Waals surface area contributed by atoms with Gasteiger partial charge < -0.3 is 15.8 Å². The van der Waals surface area contributed by atoms with Crippen molar-refractivity contribution in [3.63, 3.8) is 0 Å². The van der Waals surface area contributed by atoms with Crippen molar-refractivity contribution in [1.82, 2.24) is 0 Å². The molecule has 0 saturated heterocycles. The molecule has 0 aliphatic carbocycles. The molecule has 0 bridgehead atoms. The Hall–Kier alpha value is -1.58. The highest BCUT2D eigenvalue weighted by molar-refractivity contribution is 7.27. The Morgan fingerprint density at radius 2 is 1.81 bits per heavy atom. The lowest BCUT2D eigenvalue weighted by Gasteiger charge is -2.32. The molecule has 6 heteroatoms. The first-order valence-corrected chi connectivity index (χ1v) is 12.7. The predicted octanol–water partition coefficient (Wildman–Crippen LogP) is 7.12. The quantitative estimate of drug-likeness (QED) is 0.262. The summed E-state index contributed by atoms with van der Waals surface area (Å²) in [5.41, 5.74) is 12.9. The summed E-state index contributed by atoms with van der Waals surface area (Å²) in [5.74, 6) is 0.186. The lowest BCUT2D eigenvalue weighted by atomic mass is 9.74. The van der Waals surface area contributed by atoms with Crippen molar-refractivity contribution in [1.29, 1.82) is 0 Å². The average molecular weight is 489 g/mol. The summed E-state index contributed by atoms with van der Waals surface area (Å²) >= 11 is 8.32. The first kappa shape index (κ1) is 25.1. The summed E-state index contributed by atoms with van der Waals surface area (Å²) in [7, 11) is 2.70. The number of nitrogens with two attached hydrogens (primary N) is 1. The monoisotopic (exact) mass is 488 g/mol. The van der Waals surface area contributed by atoms with Gasteiger partial charge in [-0.2, -0.15) is 0 Å². The Kier molecular flexibility index (Phi) is 8.27. The van der Waals surface area contributed by atoms with Crippen LogP contribution >= 0.6 is 32.2 Å². The third-order valence-corrected chi connectivity index (χ3v) is 7.56. The van der Waals surface area contributed by atoms with Crippen molar-refractivity contribution >= 4 is 48.9 Å². The molecule has 3 N–H and O–H groups in total. The van der Waals surface area contributed by atoms with Gasteiger partial charge in [-0.3, -0.25) is 0 Å². The Balaban J connectivity index is 1.85. The Morgan fingerprint density at radius 3 is 2.44 bits per heavy atom. The fourth-order valence-corrected chi connectivity index (χ4v) is 5.83. The predicted molar refractivity (Wildman–Crippen MR) is 145 cm³/mol. The number of halogens is 1. The third-order valence-electron chi connectivity index (χ3n) is 5.67. The number of rotatable bonds is 8. The van der Waals surface area contributed by atoms with E-state index < -0.39 is 0 Å². The fourth-order valence-electron chi connectivity index (χ4n) is 4.01. The second kappa shape index (κ2) is 10.6. The van der Waals surface area contributed by atoms with Gasteiger partial charge in [0.2, 0.25) is 0 Å². The number of hydrogen-bond donors (Lipinski definition) is 2. The second-order valence-corrected chi connectivity index (χ2v) is 11.6. The van der Waals surface area contributed by atoms with Crippen molar-refractivity contribution in [2.75, 3.05) is 17.6 Å². The van der Waals surface area contributed by atoms with E-state index in [1.54, 1.807) is 11.3 Å². The number of nitrogen functional groups attached to an aromatic ring is 1. The first-order chi connectivity index (χ1) is 15.1. The van der Waals surface area contributed by atoms with E-state index in [0.29, 0.717) is 13.2 Å². The highest BCUT2D eigenvalue weighted by Gasteiger charge is 2.32. The molecule has 3 aromatic rings. The summed E-state index contributed by atoms with van der Waals surface area (Å²) in [5, 5.41) is 4.52. The molecule has 0 amide bonds. The zero-order valence-corrected chi connectivity index (χ0v) is 22.3. The standard InChI is InChI=1S/C26H34ClN2OPS/c1-6-29-21-12-11-20(16(2)24(21)28)23(26(3,4)5)22-13-18(25(27)32-22)15-30-14-17-7-9-19(31)10-8-17/h7-13,23,29H,6,14-15,28,31H2,1-5H3. The molecule has 2 aromatic carbocycles. The van der Waals surface area contributed by atoms with Crippen molar-refractivity contribution in [2.24, 2.45) is 5.41 Å². The zero-order valence-electron chi connectivity index (χ0n) is 19.6. The van der Waals surface area contributed by atoms with Crippen molar-refractivity contribution in [2.45, 2.75) is 53.8 Å². The van der Waals surface area contributed by atoms with Gasteiger partial charge >= 0.3 is 0 Å². The molecule has 3 nitrogen and oxygen atoms in total. The van der Waals surface area contributed by atoms with Crippen LogP contribution in [0.25, 0.3) is 0 Å². The van der Waals surface area contributed by atoms with Crippen LogP contribution < -0.4 is 16.4 Å². The fraction of sp³-hybridized carbons (Fsp3) is 0.385. The first-order valence-electron chi connectivity index (χ1n) is 10.9. The molecule has 2 unspecified atom stereocenters. The summed E-state index contributed by atoms with van der Waals surface area (Å²) in [6, 6.07) is 14.8. The van der Waals surface area contributed by atoms with Gasteiger partial charge in [0.25, 0.3) is 0 Å². The van der Waals surface area contributed by atoms with Crippen molar-refractivity contribution in [3.8, 4) is 0 Å². The molecule has 0 saturated carbocycles. The van der Waals surface area contributed by atoms with E-state index in [4.69, 9.17) is 22.1 Å². The van der Waals surface area contributed by atoms with Crippen LogP contribution in [0.1, 0.15) is 60.7 Å². The molecular weight excluding hydrogens is 455 g/mol. The highest BCUT2D eigenvalue weighted by Crippen LogP contribution is 2.47. The van der Waals surface area contributed by atoms with E-state index in [-0.39, 0.29) is 11.3 Å². The smallest absolute Gasteiger partial charge is 0.0986 e. The van der Waals surface area contributed by atoms with Crippen LogP contribution in [0.5, 0.6) is 0 Å². The molecule has 0 spiro atoms. The normalized spacial score (nSPS) is 12.7. The number of ether oxygens (including phenoxy) is 1. The van der Waals surface area contributed by atoms with Crippen LogP contribution in [-0.4, -0.2) is 6.54 Å². The van der Waals surface area contributed by atoms with Crippen molar-refractivity contribution in [3.05, 3.63) is 73.9 Å². The lowest BCUT2D eigenvalue weighted by Crippen LogP contribution is -2.20. The SMILES string of the molecule is CCNc1ccc(C(c2cc(COCc3ccc(P)cc3)c(Cl)s2)C(C)(C)C)c(C)c1N. The molecule has 0 aliphatic heterocycles. The Morgan fingerprint density at radius 1 is 1.12 bits per heavy atom. The van der Waals surface area contributed by atoms with Crippen LogP contribution in [-0.2, 0) is 18.0 Å². The van der Waals surface area contributed by atoms with Crippen LogP contribution in [0.4, 0.5) is 11.4 Å². The minimum Gasteiger partial charge on any atom is -0.397 e. The largest absolute Gasteiger partial charge is 0.397 e. The maximum Gasteiger partial charge on any atom is 0.0986 e. The van der Waals surface area contributed by atoms with E-state index in [1.165, 1.54) is 15.7 Å². The molecule has 1 heterocycles. The van der Waals surface area contributed by atoms with Gasteiger partial charge in [-0.1, -0.05) is 62.7 Å².